The topological polar surface area (TPSA) is 71.3 Å². The molecule has 140 valence electrons. The van der Waals surface area contributed by atoms with Gasteiger partial charge in [0.25, 0.3) is 0 Å². The van der Waals surface area contributed by atoms with Gasteiger partial charge in [-0.1, -0.05) is 36.4 Å². The van der Waals surface area contributed by atoms with E-state index in [1.54, 1.807) is 18.2 Å². The zero-order valence-corrected chi connectivity index (χ0v) is 15.6. The first-order valence-electron chi connectivity index (χ1n) is 8.82. The van der Waals surface area contributed by atoms with Crippen LogP contribution >= 0.6 is 0 Å². The molecule has 0 saturated heterocycles. The monoisotopic (exact) mass is 364 g/mol. The Labute approximate surface area is 160 Å². The second-order valence-electron chi connectivity index (χ2n) is 6.20. The zero-order valence-electron chi connectivity index (χ0n) is 15.6. The Bertz CT molecular complexity index is 805. The summed E-state index contributed by atoms with van der Waals surface area (Å²) < 4.78 is 10.9. The van der Waals surface area contributed by atoms with E-state index in [1.165, 1.54) is 6.08 Å². The Balaban J connectivity index is 1.87. The lowest BCUT2D eigenvalue weighted by Gasteiger charge is -2.12. The van der Waals surface area contributed by atoms with Crippen molar-refractivity contribution in [3.63, 3.8) is 0 Å². The van der Waals surface area contributed by atoms with E-state index < -0.39 is 0 Å². The second kappa shape index (κ2) is 10.8. The first kappa shape index (κ1) is 20.2. The van der Waals surface area contributed by atoms with Crippen LogP contribution in [0.1, 0.15) is 30.5 Å². The van der Waals surface area contributed by atoms with E-state index in [1.807, 2.05) is 56.3 Å². The standard InChI is InChI=1S/C22H24N2O3/c1-17(2)27-16-20-6-4-3-5-19(20)15-24-22(25)12-9-18-7-10-21(11-8-18)26-14-13-23/h3-12,17H,14-16H2,1-2H3,(H,24,25)/b12-9+. The third kappa shape index (κ3) is 7.35. The maximum atomic E-state index is 12.1. The summed E-state index contributed by atoms with van der Waals surface area (Å²) in [5, 5.41) is 11.4. The fourth-order valence-electron chi connectivity index (χ4n) is 2.33. The van der Waals surface area contributed by atoms with Gasteiger partial charge in [0.2, 0.25) is 5.91 Å². The molecule has 2 aromatic rings. The van der Waals surface area contributed by atoms with Crippen molar-refractivity contribution in [2.24, 2.45) is 0 Å². The van der Waals surface area contributed by atoms with E-state index in [-0.39, 0.29) is 18.6 Å². The predicted molar refractivity (Wildman–Crippen MR) is 105 cm³/mol. The molecule has 2 rings (SSSR count). The van der Waals surface area contributed by atoms with Crippen molar-refractivity contribution >= 4 is 12.0 Å². The van der Waals surface area contributed by atoms with E-state index in [2.05, 4.69) is 5.32 Å². The van der Waals surface area contributed by atoms with Crippen molar-refractivity contribution in [1.29, 1.82) is 5.26 Å². The summed E-state index contributed by atoms with van der Waals surface area (Å²) in [5.74, 6) is 0.456. The SMILES string of the molecule is CC(C)OCc1ccccc1CNC(=O)/C=C/c1ccc(OCC#N)cc1. The number of hydrogen-bond donors (Lipinski definition) is 1. The van der Waals surface area contributed by atoms with Crippen LogP contribution in [0.2, 0.25) is 0 Å². The van der Waals surface area contributed by atoms with Crippen LogP contribution in [-0.4, -0.2) is 18.6 Å². The van der Waals surface area contributed by atoms with Gasteiger partial charge in [0, 0.05) is 12.6 Å². The molecule has 1 amide bonds. The molecular formula is C22H24N2O3. The third-order valence-corrected chi connectivity index (χ3v) is 3.75. The Morgan fingerprint density at radius 1 is 1.15 bits per heavy atom. The fourth-order valence-corrected chi connectivity index (χ4v) is 2.33. The summed E-state index contributed by atoms with van der Waals surface area (Å²) in [7, 11) is 0. The van der Waals surface area contributed by atoms with Gasteiger partial charge < -0.3 is 14.8 Å². The van der Waals surface area contributed by atoms with Gasteiger partial charge >= 0.3 is 0 Å². The Morgan fingerprint density at radius 3 is 2.52 bits per heavy atom. The van der Waals surface area contributed by atoms with Crippen molar-refractivity contribution < 1.29 is 14.3 Å². The summed E-state index contributed by atoms with van der Waals surface area (Å²) >= 11 is 0. The first-order chi connectivity index (χ1) is 13.1. The predicted octanol–water partition coefficient (Wildman–Crippen LogP) is 3.84. The number of nitriles is 1. The first-order valence-corrected chi connectivity index (χ1v) is 8.82. The van der Waals surface area contributed by atoms with E-state index in [4.69, 9.17) is 14.7 Å². The smallest absolute Gasteiger partial charge is 0.244 e. The highest BCUT2D eigenvalue weighted by molar-refractivity contribution is 5.91. The van der Waals surface area contributed by atoms with E-state index in [9.17, 15) is 4.79 Å². The summed E-state index contributed by atoms with van der Waals surface area (Å²) in [4.78, 5) is 12.1. The minimum atomic E-state index is -0.167. The van der Waals surface area contributed by atoms with Crippen LogP contribution in [0.25, 0.3) is 6.08 Å². The van der Waals surface area contributed by atoms with Crippen molar-refractivity contribution in [3.05, 3.63) is 71.3 Å². The molecule has 0 unspecified atom stereocenters. The molecular weight excluding hydrogens is 340 g/mol. The van der Waals surface area contributed by atoms with Crippen molar-refractivity contribution in [1.82, 2.24) is 5.32 Å². The molecule has 27 heavy (non-hydrogen) atoms. The largest absolute Gasteiger partial charge is 0.479 e. The molecule has 0 heterocycles. The molecule has 0 spiro atoms. The van der Waals surface area contributed by atoms with Gasteiger partial charge in [-0.25, -0.2) is 0 Å². The Morgan fingerprint density at radius 2 is 1.85 bits per heavy atom. The summed E-state index contributed by atoms with van der Waals surface area (Å²) in [5.41, 5.74) is 2.99. The van der Waals surface area contributed by atoms with Gasteiger partial charge in [-0.15, -0.1) is 0 Å². The Kier molecular flexibility index (Phi) is 8.08. The number of ether oxygens (including phenoxy) is 2. The van der Waals surface area contributed by atoms with Gasteiger partial charge in [-0.05, 0) is 48.7 Å². The number of amides is 1. The lowest BCUT2D eigenvalue weighted by Crippen LogP contribution is -2.21. The second-order valence-corrected chi connectivity index (χ2v) is 6.20. The number of hydrogen-bond acceptors (Lipinski definition) is 4. The molecule has 0 radical (unpaired) electrons. The molecule has 0 aliphatic carbocycles. The van der Waals surface area contributed by atoms with Gasteiger partial charge in [0.05, 0.1) is 12.7 Å². The average molecular weight is 364 g/mol. The van der Waals surface area contributed by atoms with Crippen molar-refractivity contribution in [2.75, 3.05) is 6.61 Å². The highest BCUT2D eigenvalue weighted by Crippen LogP contribution is 2.13. The quantitative estimate of drug-likeness (QED) is 0.686. The lowest BCUT2D eigenvalue weighted by molar-refractivity contribution is -0.116. The number of nitrogens with one attached hydrogen (secondary N) is 1. The van der Waals surface area contributed by atoms with Gasteiger partial charge in [0.1, 0.15) is 11.8 Å². The van der Waals surface area contributed by atoms with Crippen LogP contribution in [0.3, 0.4) is 0 Å². The molecule has 0 fully saturated rings. The number of benzene rings is 2. The van der Waals surface area contributed by atoms with E-state index >= 15 is 0 Å². The highest BCUT2D eigenvalue weighted by atomic mass is 16.5. The number of rotatable bonds is 9. The minimum absolute atomic E-state index is 0.0152. The highest BCUT2D eigenvalue weighted by Gasteiger charge is 2.04. The molecule has 1 N–H and O–H groups in total. The van der Waals surface area contributed by atoms with E-state index in [0.29, 0.717) is 18.9 Å². The molecule has 2 aromatic carbocycles. The molecule has 0 saturated carbocycles. The molecule has 0 aromatic heterocycles. The zero-order chi connectivity index (χ0) is 19.5. The summed E-state index contributed by atoms with van der Waals surface area (Å²) in [6.07, 6.45) is 3.39. The average Bonchev–Trinajstić information content (AvgIpc) is 2.68. The van der Waals surface area contributed by atoms with Crippen LogP contribution in [-0.2, 0) is 22.7 Å². The maximum Gasteiger partial charge on any atom is 0.244 e. The van der Waals surface area contributed by atoms with Gasteiger partial charge in [-0.3, -0.25) is 4.79 Å². The van der Waals surface area contributed by atoms with Crippen LogP contribution in [0.15, 0.2) is 54.6 Å². The van der Waals surface area contributed by atoms with Crippen LogP contribution in [0, 0.1) is 11.3 Å². The van der Waals surface area contributed by atoms with Crippen molar-refractivity contribution in [3.8, 4) is 11.8 Å². The maximum absolute atomic E-state index is 12.1. The van der Waals surface area contributed by atoms with Gasteiger partial charge in [-0.2, -0.15) is 5.26 Å². The van der Waals surface area contributed by atoms with E-state index in [0.717, 1.165) is 16.7 Å². The third-order valence-electron chi connectivity index (χ3n) is 3.75. The lowest BCUT2D eigenvalue weighted by atomic mass is 10.1. The molecule has 5 nitrogen and oxygen atoms in total. The van der Waals surface area contributed by atoms with Crippen molar-refractivity contribution in [2.45, 2.75) is 33.1 Å². The molecule has 0 aliphatic heterocycles. The minimum Gasteiger partial charge on any atom is -0.479 e. The van der Waals surface area contributed by atoms with Crippen LogP contribution < -0.4 is 10.1 Å². The molecule has 0 atom stereocenters. The number of carbonyl (C=O) groups is 1. The van der Waals surface area contributed by atoms with Crippen LogP contribution in [0.4, 0.5) is 0 Å². The molecule has 0 aliphatic rings. The number of nitrogens with zero attached hydrogens (tertiary/aromatic N) is 1. The summed E-state index contributed by atoms with van der Waals surface area (Å²) in [6.45, 7) is 4.98. The van der Waals surface area contributed by atoms with Crippen LogP contribution in [0.5, 0.6) is 5.75 Å². The van der Waals surface area contributed by atoms with Gasteiger partial charge in [0.15, 0.2) is 6.61 Å². The molecule has 5 heteroatoms. The molecule has 0 bridgehead atoms. The normalized spacial score (nSPS) is 10.7. The summed E-state index contributed by atoms with van der Waals surface area (Å²) in [6, 6.07) is 17.0. The fraction of sp³-hybridized carbons (Fsp3) is 0.273. The Hall–Kier alpha value is -3.10. The number of carbonyl (C=O) groups excluding carboxylic acids is 1.